The summed E-state index contributed by atoms with van der Waals surface area (Å²) in [5.41, 5.74) is 4.65. The number of thiocarbonyl (C=S) groups is 1. The van der Waals surface area contributed by atoms with Crippen LogP contribution in [0.15, 0.2) is 58.5 Å². The second-order valence-corrected chi connectivity index (χ2v) is 9.29. The molecular weight excluding hydrogens is 426 g/mol. The van der Waals surface area contributed by atoms with E-state index in [9.17, 15) is 0 Å². The Bertz CT molecular complexity index is 955. The van der Waals surface area contributed by atoms with Gasteiger partial charge in [0.05, 0.1) is 21.6 Å². The quantitative estimate of drug-likeness (QED) is 0.525. The molecule has 0 aliphatic carbocycles. The van der Waals surface area contributed by atoms with Crippen LogP contribution in [0.5, 0.6) is 0 Å². The van der Waals surface area contributed by atoms with Gasteiger partial charge in [-0.2, -0.15) is 0 Å². The van der Waals surface area contributed by atoms with Crippen molar-refractivity contribution in [2.24, 2.45) is 0 Å². The molecule has 0 bridgehead atoms. The highest BCUT2D eigenvalue weighted by molar-refractivity contribution is 9.11. The summed E-state index contributed by atoms with van der Waals surface area (Å²) < 4.78 is 1.12. The smallest absolute Gasteiger partial charge is 0.174 e. The molecule has 1 aromatic carbocycles. The van der Waals surface area contributed by atoms with Gasteiger partial charge in [0.25, 0.3) is 0 Å². The Hall–Kier alpha value is -1.76. The number of aryl methyl sites for hydroxylation is 2. The summed E-state index contributed by atoms with van der Waals surface area (Å²) >= 11 is 11.1. The molecule has 0 saturated carbocycles. The van der Waals surface area contributed by atoms with Crippen LogP contribution in [0.3, 0.4) is 0 Å². The second kappa shape index (κ2) is 7.10. The molecule has 3 heterocycles. The first-order chi connectivity index (χ1) is 12.5. The van der Waals surface area contributed by atoms with Crippen molar-refractivity contribution in [2.75, 3.05) is 4.90 Å². The normalized spacial score (nSPS) is 19.7. The van der Waals surface area contributed by atoms with E-state index in [0.717, 1.165) is 20.3 Å². The van der Waals surface area contributed by atoms with Crippen molar-refractivity contribution in [3.63, 3.8) is 0 Å². The van der Waals surface area contributed by atoms with E-state index in [4.69, 9.17) is 12.2 Å². The molecule has 4 rings (SSSR count). The molecule has 0 radical (unpaired) electrons. The summed E-state index contributed by atoms with van der Waals surface area (Å²) in [6, 6.07) is 16.9. The highest BCUT2D eigenvalue weighted by Crippen LogP contribution is 2.44. The monoisotopic (exact) mass is 443 g/mol. The molecule has 26 heavy (non-hydrogen) atoms. The molecule has 3 nitrogen and oxygen atoms in total. The van der Waals surface area contributed by atoms with E-state index in [1.807, 2.05) is 18.3 Å². The van der Waals surface area contributed by atoms with Gasteiger partial charge in [-0.3, -0.25) is 4.98 Å². The molecule has 0 spiro atoms. The van der Waals surface area contributed by atoms with Gasteiger partial charge in [0.1, 0.15) is 0 Å². The molecule has 2 aromatic heterocycles. The molecule has 1 N–H and O–H groups in total. The third-order valence-electron chi connectivity index (χ3n) is 4.75. The number of aromatic nitrogens is 1. The van der Waals surface area contributed by atoms with Crippen LogP contribution in [0, 0.1) is 13.8 Å². The van der Waals surface area contributed by atoms with Gasteiger partial charge in [-0.05, 0) is 89.5 Å². The lowest BCUT2D eigenvalue weighted by molar-refractivity contribution is 0.575. The molecule has 6 heteroatoms. The number of halogens is 1. The van der Waals surface area contributed by atoms with Crippen LogP contribution in [-0.4, -0.2) is 10.1 Å². The number of thiophene rings is 1. The molecule has 2 atom stereocenters. The van der Waals surface area contributed by atoms with Crippen LogP contribution >= 0.6 is 39.5 Å². The predicted molar refractivity (Wildman–Crippen MR) is 116 cm³/mol. The number of anilines is 1. The van der Waals surface area contributed by atoms with E-state index in [-0.39, 0.29) is 12.1 Å². The fourth-order valence-corrected chi connectivity index (χ4v) is 5.18. The van der Waals surface area contributed by atoms with E-state index in [2.05, 4.69) is 81.4 Å². The summed E-state index contributed by atoms with van der Waals surface area (Å²) in [5, 5.41) is 4.23. The van der Waals surface area contributed by atoms with Crippen LogP contribution in [0.4, 0.5) is 5.69 Å². The summed E-state index contributed by atoms with van der Waals surface area (Å²) in [5.74, 6) is 0. The Kier molecular flexibility index (Phi) is 4.82. The lowest BCUT2D eigenvalue weighted by atomic mass is 10.0. The zero-order valence-electron chi connectivity index (χ0n) is 14.4. The maximum atomic E-state index is 5.74. The topological polar surface area (TPSA) is 28.2 Å². The van der Waals surface area contributed by atoms with E-state index < -0.39 is 0 Å². The van der Waals surface area contributed by atoms with Gasteiger partial charge in [-0.15, -0.1) is 11.3 Å². The zero-order chi connectivity index (χ0) is 18.3. The lowest BCUT2D eigenvalue weighted by Crippen LogP contribution is -2.29. The third kappa shape index (κ3) is 3.17. The summed E-state index contributed by atoms with van der Waals surface area (Å²) in [6.07, 6.45) is 1.83. The SMILES string of the molecule is Cc1ccc(N2C(=S)N[C@@H](c3ccccn3)[C@H]2c2ccc(Br)s2)cc1C. The maximum Gasteiger partial charge on any atom is 0.174 e. The van der Waals surface area contributed by atoms with Crippen LogP contribution in [0.1, 0.15) is 33.8 Å². The van der Waals surface area contributed by atoms with Crippen LogP contribution in [0.2, 0.25) is 0 Å². The summed E-state index contributed by atoms with van der Waals surface area (Å²) in [6.45, 7) is 4.27. The minimum absolute atomic E-state index is 0.0101. The van der Waals surface area contributed by atoms with Crippen LogP contribution in [-0.2, 0) is 0 Å². The number of hydrogen-bond donors (Lipinski definition) is 1. The number of nitrogens with zero attached hydrogens (tertiary/aromatic N) is 2. The fourth-order valence-electron chi connectivity index (χ4n) is 3.28. The Balaban J connectivity index is 1.83. The van der Waals surface area contributed by atoms with Gasteiger partial charge < -0.3 is 10.2 Å². The van der Waals surface area contributed by atoms with Crippen LogP contribution < -0.4 is 10.2 Å². The van der Waals surface area contributed by atoms with Gasteiger partial charge in [0.15, 0.2) is 5.11 Å². The summed E-state index contributed by atoms with van der Waals surface area (Å²) in [7, 11) is 0. The number of benzene rings is 1. The molecule has 132 valence electrons. The standard InChI is InChI=1S/C20H18BrN3S2/c1-12-6-7-14(11-13(12)2)24-19(16-8-9-17(21)26-16)18(23-20(24)25)15-5-3-4-10-22-15/h3-11,18-19H,1-2H3,(H,23,25)/t18-,19+/m0/s1. The molecule has 0 unspecified atom stereocenters. The number of nitrogens with one attached hydrogen (secondary N) is 1. The van der Waals surface area contributed by atoms with Crippen molar-refractivity contribution in [3.8, 4) is 0 Å². The first kappa shape index (κ1) is 17.6. The van der Waals surface area contributed by atoms with E-state index in [1.165, 1.54) is 16.0 Å². The molecular formula is C20H18BrN3S2. The van der Waals surface area contributed by atoms with Gasteiger partial charge in [-0.1, -0.05) is 12.1 Å². The highest BCUT2D eigenvalue weighted by Gasteiger charge is 2.41. The molecule has 1 saturated heterocycles. The first-order valence-corrected chi connectivity index (χ1v) is 10.4. The lowest BCUT2D eigenvalue weighted by Gasteiger charge is -2.27. The van der Waals surface area contributed by atoms with Crippen molar-refractivity contribution in [1.29, 1.82) is 0 Å². The van der Waals surface area contributed by atoms with Gasteiger partial charge >= 0.3 is 0 Å². The highest BCUT2D eigenvalue weighted by atomic mass is 79.9. The number of rotatable bonds is 3. The molecule has 0 amide bonds. The van der Waals surface area contributed by atoms with Gasteiger partial charge in [0, 0.05) is 16.8 Å². The Morgan fingerprint density at radius 3 is 2.62 bits per heavy atom. The average molecular weight is 444 g/mol. The minimum atomic E-state index is 0.0101. The van der Waals surface area contributed by atoms with Crippen molar-refractivity contribution < 1.29 is 0 Å². The Morgan fingerprint density at radius 2 is 1.96 bits per heavy atom. The Labute approximate surface area is 171 Å². The van der Waals surface area contributed by atoms with Crippen molar-refractivity contribution >= 4 is 50.3 Å². The fraction of sp³-hybridized carbons (Fsp3) is 0.200. The third-order valence-corrected chi connectivity index (χ3v) is 6.76. The second-order valence-electron chi connectivity index (χ2n) is 6.41. The number of hydrogen-bond acceptors (Lipinski definition) is 3. The first-order valence-electron chi connectivity index (χ1n) is 8.38. The van der Waals surface area contributed by atoms with Crippen molar-refractivity contribution in [3.05, 3.63) is 80.2 Å². The minimum Gasteiger partial charge on any atom is -0.351 e. The maximum absolute atomic E-state index is 5.74. The zero-order valence-corrected chi connectivity index (χ0v) is 17.7. The predicted octanol–water partition coefficient (Wildman–Crippen LogP) is 5.70. The largest absolute Gasteiger partial charge is 0.351 e. The van der Waals surface area contributed by atoms with E-state index in [0.29, 0.717) is 0 Å². The van der Waals surface area contributed by atoms with Gasteiger partial charge in [0.2, 0.25) is 0 Å². The molecule has 1 fully saturated rings. The average Bonchev–Trinajstić information content (AvgIpc) is 3.21. The van der Waals surface area contributed by atoms with E-state index in [1.54, 1.807) is 11.3 Å². The number of pyridine rings is 1. The van der Waals surface area contributed by atoms with Crippen molar-refractivity contribution in [2.45, 2.75) is 25.9 Å². The van der Waals surface area contributed by atoms with Crippen molar-refractivity contribution in [1.82, 2.24) is 10.3 Å². The summed E-state index contributed by atoms with van der Waals surface area (Å²) in [4.78, 5) is 8.05. The molecule has 1 aliphatic rings. The molecule has 1 aliphatic heterocycles. The van der Waals surface area contributed by atoms with Gasteiger partial charge in [-0.25, -0.2) is 0 Å². The van der Waals surface area contributed by atoms with E-state index >= 15 is 0 Å². The molecule has 3 aromatic rings. The Morgan fingerprint density at radius 1 is 1.12 bits per heavy atom. The van der Waals surface area contributed by atoms with Crippen LogP contribution in [0.25, 0.3) is 0 Å².